The number of carbonyl (C=O) groups is 1. The molecule has 3 aromatic rings. The number of rotatable bonds is 5. The topological polar surface area (TPSA) is 62.7 Å². The van der Waals surface area contributed by atoms with E-state index >= 15 is 0 Å². The van der Waals surface area contributed by atoms with E-state index in [1.165, 1.54) is 11.3 Å². The minimum absolute atomic E-state index is 0.0678. The minimum atomic E-state index is -1.01. The summed E-state index contributed by atoms with van der Waals surface area (Å²) in [5.74, 6) is -0.221. The molecule has 0 amide bonds. The number of methoxy groups -OCH3 is 1. The van der Waals surface area contributed by atoms with Gasteiger partial charge in [0.15, 0.2) is 5.69 Å². The average Bonchev–Trinajstić information content (AvgIpc) is 3.11. The van der Waals surface area contributed by atoms with Crippen molar-refractivity contribution in [3.8, 4) is 27.4 Å². The number of aromatic carboxylic acids is 1. The van der Waals surface area contributed by atoms with Crippen LogP contribution in [0.1, 0.15) is 16.1 Å². The summed E-state index contributed by atoms with van der Waals surface area (Å²) in [6, 6.07) is 12.1. The van der Waals surface area contributed by atoms with Crippen LogP contribution in [0.25, 0.3) is 21.7 Å². The molecule has 0 saturated carbocycles. The van der Waals surface area contributed by atoms with Crippen LogP contribution in [0.15, 0.2) is 41.8 Å². The van der Waals surface area contributed by atoms with Gasteiger partial charge in [-0.05, 0) is 47.9 Å². The Morgan fingerprint density at radius 2 is 1.96 bits per heavy atom. The van der Waals surface area contributed by atoms with Gasteiger partial charge in [0.1, 0.15) is 10.8 Å². The Morgan fingerprint density at radius 3 is 2.58 bits per heavy atom. The number of carboxylic acids is 1. The summed E-state index contributed by atoms with van der Waals surface area (Å²) in [5.41, 5.74) is 5.22. The van der Waals surface area contributed by atoms with Crippen LogP contribution in [0, 0.1) is 6.92 Å². The van der Waals surface area contributed by atoms with Crippen molar-refractivity contribution < 1.29 is 14.6 Å². The fraction of sp³-hybridized carbons (Fsp3) is 0.200. The number of hydrogen-bond donors (Lipinski definition) is 1. The lowest BCUT2D eigenvalue weighted by molar-refractivity contribution is 0.0691. The maximum atomic E-state index is 11.2. The van der Waals surface area contributed by atoms with Crippen molar-refractivity contribution in [1.29, 1.82) is 0 Å². The van der Waals surface area contributed by atoms with Crippen LogP contribution in [0.4, 0.5) is 5.69 Å². The van der Waals surface area contributed by atoms with Gasteiger partial charge in [0.05, 0.1) is 7.11 Å². The molecule has 0 aliphatic heterocycles. The molecular formula is C20H20N2O3S. The van der Waals surface area contributed by atoms with Crippen LogP contribution < -0.4 is 9.64 Å². The van der Waals surface area contributed by atoms with Gasteiger partial charge in [-0.1, -0.05) is 12.1 Å². The number of hydrogen-bond acceptors (Lipinski definition) is 5. The van der Waals surface area contributed by atoms with E-state index in [1.54, 1.807) is 12.5 Å². The molecule has 0 bridgehead atoms. The van der Waals surface area contributed by atoms with Crippen LogP contribution in [0.3, 0.4) is 0 Å². The molecule has 134 valence electrons. The molecule has 6 heteroatoms. The van der Waals surface area contributed by atoms with Gasteiger partial charge < -0.3 is 14.7 Å². The van der Waals surface area contributed by atoms with Crippen molar-refractivity contribution in [2.45, 2.75) is 6.92 Å². The standard InChI is InChI=1S/C20H20N2O3S/c1-12-8-18(22(2)3)16(19-21-17(11-26-19)20(23)24)10-15(12)13-6-5-7-14(9-13)25-4/h5-11H,1-4H3,(H,23,24). The van der Waals surface area contributed by atoms with Crippen molar-refractivity contribution in [3.63, 3.8) is 0 Å². The summed E-state index contributed by atoms with van der Waals surface area (Å²) < 4.78 is 5.34. The van der Waals surface area contributed by atoms with Gasteiger partial charge in [0, 0.05) is 30.7 Å². The highest BCUT2D eigenvalue weighted by Crippen LogP contribution is 2.38. The third-order valence-corrected chi connectivity index (χ3v) is 5.03. The van der Waals surface area contributed by atoms with Crippen LogP contribution in [0.2, 0.25) is 0 Å². The number of thiazole rings is 1. The second kappa shape index (κ2) is 7.17. The fourth-order valence-corrected chi connectivity index (χ4v) is 3.65. The molecule has 0 atom stereocenters. The first-order valence-corrected chi connectivity index (χ1v) is 8.94. The van der Waals surface area contributed by atoms with E-state index in [4.69, 9.17) is 4.74 Å². The monoisotopic (exact) mass is 368 g/mol. The molecule has 0 unspecified atom stereocenters. The van der Waals surface area contributed by atoms with E-state index < -0.39 is 5.97 Å². The molecular weight excluding hydrogens is 348 g/mol. The van der Waals surface area contributed by atoms with Crippen molar-refractivity contribution in [1.82, 2.24) is 4.98 Å². The van der Waals surface area contributed by atoms with E-state index in [0.29, 0.717) is 5.01 Å². The Labute approximate surface area is 156 Å². The van der Waals surface area contributed by atoms with Gasteiger partial charge in [-0.25, -0.2) is 9.78 Å². The molecule has 0 aliphatic rings. The molecule has 1 aromatic heterocycles. The smallest absolute Gasteiger partial charge is 0.355 e. The predicted octanol–water partition coefficient (Wildman–Crippen LogP) is 4.56. The number of anilines is 1. The highest BCUT2D eigenvalue weighted by atomic mass is 32.1. The maximum absolute atomic E-state index is 11.2. The Bertz CT molecular complexity index is 963. The quantitative estimate of drug-likeness (QED) is 0.715. The average molecular weight is 368 g/mol. The zero-order chi connectivity index (χ0) is 18.8. The van der Waals surface area contributed by atoms with Gasteiger partial charge in [0.25, 0.3) is 0 Å². The first kappa shape index (κ1) is 17.9. The molecule has 1 N–H and O–H groups in total. The van der Waals surface area contributed by atoms with Crippen LogP contribution >= 0.6 is 11.3 Å². The maximum Gasteiger partial charge on any atom is 0.355 e. The molecule has 3 rings (SSSR count). The molecule has 1 heterocycles. The third-order valence-electron chi connectivity index (χ3n) is 4.16. The first-order chi connectivity index (χ1) is 12.4. The highest BCUT2D eigenvalue weighted by Gasteiger charge is 2.17. The lowest BCUT2D eigenvalue weighted by atomic mass is 9.96. The largest absolute Gasteiger partial charge is 0.497 e. The summed E-state index contributed by atoms with van der Waals surface area (Å²) in [4.78, 5) is 17.5. The zero-order valence-corrected chi connectivity index (χ0v) is 15.9. The normalized spacial score (nSPS) is 10.6. The van der Waals surface area contributed by atoms with Gasteiger partial charge in [-0.3, -0.25) is 0 Å². The zero-order valence-electron chi connectivity index (χ0n) is 15.1. The Balaban J connectivity index is 2.19. The molecule has 0 radical (unpaired) electrons. The number of aryl methyl sites for hydroxylation is 1. The molecule has 0 aliphatic carbocycles. The number of benzene rings is 2. The second-order valence-corrected chi connectivity index (χ2v) is 7.01. The number of ether oxygens (including phenoxy) is 1. The summed E-state index contributed by atoms with van der Waals surface area (Å²) in [6.45, 7) is 2.07. The lowest BCUT2D eigenvalue weighted by Crippen LogP contribution is -2.10. The molecule has 0 spiro atoms. The van der Waals surface area contributed by atoms with Crippen molar-refractivity contribution >= 4 is 23.0 Å². The molecule has 5 nitrogen and oxygen atoms in total. The molecule has 0 fully saturated rings. The second-order valence-electron chi connectivity index (χ2n) is 6.15. The number of aromatic nitrogens is 1. The van der Waals surface area contributed by atoms with Crippen LogP contribution in [0.5, 0.6) is 5.75 Å². The van der Waals surface area contributed by atoms with E-state index in [1.807, 2.05) is 43.3 Å². The fourth-order valence-electron chi connectivity index (χ4n) is 2.83. The van der Waals surface area contributed by atoms with Crippen LogP contribution in [-0.2, 0) is 0 Å². The Kier molecular flexibility index (Phi) is 4.95. The minimum Gasteiger partial charge on any atom is -0.497 e. The lowest BCUT2D eigenvalue weighted by Gasteiger charge is -2.20. The number of nitrogens with zero attached hydrogens (tertiary/aromatic N) is 2. The van der Waals surface area contributed by atoms with Gasteiger partial charge in [-0.15, -0.1) is 11.3 Å². The Hall–Kier alpha value is -2.86. The molecule has 2 aromatic carbocycles. The summed E-state index contributed by atoms with van der Waals surface area (Å²) in [5, 5.41) is 11.4. The van der Waals surface area contributed by atoms with Crippen molar-refractivity contribution in [3.05, 3.63) is 53.0 Å². The van der Waals surface area contributed by atoms with Crippen molar-refractivity contribution in [2.75, 3.05) is 26.1 Å². The number of carboxylic acid groups (broad SMARTS) is 1. The van der Waals surface area contributed by atoms with Gasteiger partial charge >= 0.3 is 5.97 Å². The predicted molar refractivity (Wildman–Crippen MR) is 106 cm³/mol. The highest BCUT2D eigenvalue weighted by molar-refractivity contribution is 7.13. The Morgan fingerprint density at radius 1 is 1.19 bits per heavy atom. The summed E-state index contributed by atoms with van der Waals surface area (Å²) >= 11 is 1.34. The van der Waals surface area contributed by atoms with E-state index in [2.05, 4.69) is 24.0 Å². The molecule has 26 heavy (non-hydrogen) atoms. The summed E-state index contributed by atoms with van der Waals surface area (Å²) in [6.07, 6.45) is 0. The molecule has 0 saturated heterocycles. The van der Waals surface area contributed by atoms with E-state index in [0.717, 1.165) is 33.7 Å². The van der Waals surface area contributed by atoms with Crippen molar-refractivity contribution in [2.24, 2.45) is 0 Å². The van der Waals surface area contributed by atoms with Crippen LogP contribution in [-0.4, -0.2) is 37.3 Å². The van der Waals surface area contributed by atoms with Gasteiger partial charge in [-0.2, -0.15) is 0 Å². The van der Waals surface area contributed by atoms with Gasteiger partial charge in [0.2, 0.25) is 0 Å². The summed E-state index contributed by atoms with van der Waals surface area (Å²) in [7, 11) is 5.58. The SMILES string of the molecule is COc1cccc(-c2cc(-c3nc(C(=O)O)cs3)c(N(C)C)cc2C)c1. The van der Waals surface area contributed by atoms with E-state index in [9.17, 15) is 9.90 Å². The first-order valence-electron chi connectivity index (χ1n) is 8.06. The third kappa shape index (κ3) is 3.41. The van der Waals surface area contributed by atoms with E-state index in [-0.39, 0.29) is 5.69 Å².